The number of benzene rings is 3. The van der Waals surface area contributed by atoms with E-state index in [2.05, 4.69) is 30.8 Å². The highest BCUT2D eigenvalue weighted by Crippen LogP contribution is 2.44. The largest absolute Gasteiger partial charge is 0.497 e. The van der Waals surface area contributed by atoms with Gasteiger partial charge in [-0.05, 0) is 59.2 Å². The average molecular weight is 556 g/mol. The lowest BCUT2D eigenvalue weighted by Gasteiger charge is -2.34. The van der Waals surface area contributed by atoms with Crippen molar-refractivity contribution in [3.05, 3.63) is 102 Å². The number of methoxy groups -OCH3 is 1. The highest BCUT2D eigenvalue weighted by Gasteiger charge is 2.36. The van der Waals surface area contributed by atoms with Gasteiger partial charge in [-0.1, -0.05) is 66.7 Å². The molecule has 0 unspecified atom stereocenters. The van der Waals surface area contributed by atoms with E-state index in [1.807, 2.05) is 48.5 Å². The van der Waals surface area contributed by atoms with E-state index < -0.39 is 24.2 Å². The molecule has 7 heteroatoms. The van der Waals surface area contributed by atoms with Crippen molar-refractivity contribution in [1.82, 2.24) is 4.90 Å². The second-order valence-corrected chi connectivity index (χ2v) is 10.5. The smallest absolute Gasteiger partial charge is 0.410 e. The van der Waals surface area contributed by atoms with E-state index >= 15 is 0 Å². The van der Waals surface area contributed by atoms with Crippen molar-refractivity contribution >= 4 is 12.1 Å². The highest BCUT2D eigenvalue weighted by molar-refractivity contribution is 5.82. The van der Waals surface area contributed by atoms with Crippen molar-refractivity contribution in [1.29, 1.82) is 0 Å². The van der Waals surface area contributed by atoms with Crippen LogP contribution in [0.3, 0.4) is 0 Å². The minimum atomic E-state index is -0.687. The van der Waals surface area contributed by atoms with Gasteiger partial charge in [0, 0.05) is 18.9 Å². The van der Waals surface area contributed by atoms with Gasteiger partial charge in [-0.25, -0.2) is 9.59 Å². The molecular formula is C34H37NO6. The molecule has 7 nitrogen and oxygen atoms in total. The van der Waals surface area contributed by atoms with Crippen molar-refractivity contribution in [3.8, 4) is 16.9 Å². The third-order valence-electron chi connectivity index (χ3n) is 7.79. The summed E-state index contributed by atoms with van der Waals surface area (Å²) in [6.07, 6.45) is 3.37. The van der Waals surface area contributed by atoms with E-state index in [4.69, 9.17) is 18.9 Å². The zero-order valence-electron chi connectivity index (χ0n) is 23.5. The number of fused-ring (bicyclic) bond motifs is 3. The molecule has 1 amide bonds. The Kier molecular flexibility index (Phi) is 9.36. The number of piperidine rings is 1. The first-order chi connectivity index (χ1) is 20.1. The third-order valence-corrected chi connectivity index (χ3v) is 7.79. The van der Waals surface area contributed by atoms with Crippen LogP contribution in [0.2, 0.25) is 0 Å². The van der Waals surface area contributed by atoms with Crippen molar-refractivity contribution < 1.29 is 28.5 Å². The fourth-order valence-corrected chi connectivity index (χ4v) is 5.68. The Morgan fingerprint density at radius 3 is 2.32 bits per heavy atom. The number of hydrogen-bond donors (Lipinski definition) is 0. The van der Waals surface area contributed by atoms with E-state index in [1.54, 1.807) is 13.2 Å². The molecule has 41 heavy (non-hydrogen) atoms. The number of likely N-dealkylation sites (tertiary alicyclic amines) is 1. The average Bonchev–Trinajstić information content (AvgIpc) is 3.33. The molecule has 1 aliphatic carbocycles. The standard InChI is InChI=1S/C34H37NO6/c1-3-10-26(22-39-21-24-16-18-25(38-2)19-17-24)41-33(36)32-15-8-9-20-35(32)34(37)40-23-31-29-13-6-4-11-27(29)28-12-5-7-14-30(28)31/h3-7,11-14,16-19,26,31-32H,1,8-10,15,20-23H2,2H3/t26-,32+/m1/s1. The predicted molar refractivity (Wildman–Crippen MR) is 157 cm³/mol. The second kappa shape index (κ2) is 13.5. The maximum Gasteiger partial charge on any atom is 0.410 e. The summed E-state index contributed by atoms with van der Waals surface area (Å²) < 4.78 is 22.8. The number of esters is 1. The molecule has 1 aliphatic heterocycles. The van der Waals surface area contributed by atoms with Crippen LogP contribution in [-0.4, -0.2) is 56.0 Å². The predicted octanol–water partition coefficient (Wildman–Crippen LogP) is 6.50. The summed E-state index contributed by atoms with van der Waals surface area (Å²) in [5.41, 5.74) is 5.64. The van der Waals surface area contributed by atoms with Crippen LogP contribution in [0, 0.1) is 0 Å². The van der Waals surface area contributed by atoms with Crippen LogP contribution in [0.15, 0.2) is 85.5 Å². The van der Waals surface area contributed by atoms with Crippen LogP contribution in [0.4, 0.5) is 4.79 Å². The van der Waals surface area contributed by atoms with Gasteiger partial charge in [0.2, 0.25) is 0 Å². The Hall–Kier alpha value is -4.10. The SMILES string of the molecule is C=CC[C@H](COCc1ccc(OC)cc1)OC(=O)[C@@H]1CCCCN1C(=O)OCC1c2ccccc2-c2ccccc21. The molecule has 2 atom stereocenters. The summed E-state index contributed by atoms with van der Waals surface area (Å²) in [7, 11) is 1.63. The molecule has 1 heterocycles. The van der Waals surface area contributed by atoms with Gasteiger partial charge < -0.3 is 18.9 Å². The molecule has 1 saturated heterocycles. The number of ether oxygens (including phenoxy) is 4. The Balaban J connectivity index is 1.18. The van der Waals surface area contributed by atoms with Gasteiger partial charge >= 0.3 is 12.1 Å². The van der Waals surface area contributed by atoms with Crippen LogP contribution < -0.4 is 4.74 Å². The van der Waals surface area contributed by atoms with Gasteiger partial charge in [-0.2, -0.15) is 0 Å². The van der Waals surface area contributed by atoms with E-state index in [0.29, 0.717) is 26.0 Å². The monoisotopic (exact) mass is 555 g/mol. The Labute approximate surface area is 241 Å². The molecule has 3 aromatic rings. The fourth-order valence-electron chi connectivity index (χ4n) is 5.68. The summed E-state index contributed by atoms with van der Waals surface area (Å²) in [6.45, 7) is 5.07. The van der Waals surface area contributed by atoms with Crippen LogP contribution in [-0.2, 0) is 25.6 Å². The van der Waals surface area contributed by atoms with Crippen LogP contribution >= 0.6 is 0 Å². The first kappa shape index (κ1) is 28.4. The summed E-state index contributed by atoms with van der Waals surface area (Å²) >= 11 is 0. The number of rotatable bonds is 11. The van der Waals surface area contributed by atoms with E-state index in [9.17, 15) is 9.59 Å². The van der Waals surface area contributed by atoms with E-state index in [0.717, 1.165) is 35.3 Å². The first-order valence-corrected chi connectivity index (χ1v) is 14.2. The van der Waals surface area contributed by atoms with Gasteiger partial charge in [-0.15, -0.1) is 6.58 Å². The van der Waals surface area contributed by atoms with Gasteiger partial charge in [0.1, 0.15) is 24.5 Å². The summed E-state index contributed by atoms with van der Waals surface area (Å²) in [5.74, 6) is 0.306. The van der Waals surface area contributed by atoms with E-state index in [-0.39, 0.29) is 19.1 Å². The quantitative estimate of drug-likeness (QED) is 0.199. The van der Waals surface area contributed by atoms with Gasteiger partial charge in [0.15, 0.2) is 0 Å². The Morgan fingerprint density at radius 2 is 1.66 bits per heavy atom. The summed E-state index contributed by atoms with van der Waals surface area (Å²) in [6, 6.07) is 23.4. The van der Waals surface area contributed by atoms with Gasteiger partial charge in [0.05, 0.1) is 20.3 Å². The zero-order valence-corrected chi connectivity index (χ0v) is 23.5. The molecule has 5 rings (SSSR count). The fraction of sp³-hybridized carbons (Fsp3) is 0.353. The summed E-state index contributed by atoms with van der Waals surface area (Å²) in [5, 5.41) is 0. The van der Waals surface area contributed by atoms with E-state index in [1.165, 1.54) is 16.0 Å². The normalized spacial score (nSPS) is 16.8. The van der Waals surface area contributed by atoms with Gasteiger partial charge in [0.25, 0.3) is 0 Å². The Bertz CT molecular complexity index is 1310. The number of carbonyl (C=O) groups is 2. The molecule has 0 bridgehead atoms. The number of hydrogen-bond acceptors (Lipinski definition) is 6. The molecule has 0 spiro atoms. The lowest BCUT2D eigenvalue weighted by Crippen LogP contribution is -2.50. The minimum Gasteiger partial charge on any atom is -0.497 e. The van der Waals surface area contributed by atoms with Crippen molar-refractivity contribution in [2.75, 3.05) is 26.9 Å². The molecule has 0 saturated carbocycles. The topological polar surface area (TPSA) is 74.3 Å². The van der Waals surface area contributed by atoms with Crippen LogP contribution in [0.5, 0.6) is 5.75 Å². The molecule has 214 valence electrons. The van der Waals surface area contributed by atoms with Gasteiger partial charge in [-0.3, -0.25) is 4.90 Å². The van der Waals surface area contributed by atoms with Crippen molar-refractivity contribution in [2.24, 2.45) is 0 Å². The minimum absolute atomic E-state index is 0.0404. The zero-order chi connectivity index (χ0) is 28.6. The highest BCUT2D eigenvalue weighted by atomic mass is 16.6. The molecule has 0 N–H and O–H groups in total. The first-order valence-electron chi connectivity index (χ1n) is 14.2. The summed E-state index contributed by atoms with van der Waals surface area (Å²) in [4.78, 5) is 28.2. The molecule has 0 radical (unpaired) electrons. The lowest BCUT2D eigenvalue weighted by molar-refractivity contribution is -0.159. The Morgan fingerprint density at radius 1 is 0.976 bits per heavy atom. The molecule has 0 aromatic heterocycles. The number of nitrogens with zero attached hydrogens (tertiary/aromatic N) is 1. The second-order valence-electron chi connectivity index (χ2n) is 10.5. The van der Waals surface area contributed by atoms with Crippen molar-refractivity contribution in [3.63, 3.8) is 0 Å². The molecular weight excluding hydrogens is 518 g/mol. The van der Waals surface area contributed by atoms with Crippen molar-refractivity contribution in [2.45, 2.75) is 50.4 Å². The molecule has 3 aromatic carbocycles. The van der Waals surface area contributed by atoms with Crippen LogP contribution in [0.25, 0.3) is 11.1 Å². The maximum absolute atomic E-state index is 13.3. The third kappa shape index (κ3) is 6.63. The number of amides is 1. The molecule has 1 fully saturated rings. The van der Waals surface area contributed by atoms with Crippen LogP contribution in [0.1, 0.15) is 48.3 Å². The number of carbonyl (C=O) groups excluding carboxylic acids is 2. The molecule has 2 aliphatic rings. The maximum atomic E-state index is 13.3. The lowest BCUT2D eigenvalue weighted by atomic mass is 9.98.